The van der Waals surface area contributed by atoms with E-state index in [1.54, 1.807) is 6.07 Å². The fourth-order valence-electron chi connectivity index (χ4n) is 0.907. The van der Waals surface area contributed by atoms with E-state index in [9.17, 15) is 17.6 Å². The minimum Gasteiger partial charge on any atom is -0.401 e. The van der Waals surface area contributed by atoms with Gasteiger partial charge in [0.25, 0.3) is 5.95 Å². The molecule has 0 aliphatic rings. The number of pyridine rings is 1. The number of nitriles is 1. The molecule has 0 aliphatic carbocycles. The van der Waals surface area contributed by atoms with Crippen LogP contribution < -0.4 is 4.74 Å². The minimum atomic E-state index is -5.01. The molecule has 15 heavy (non-hydrogen) atoms. The van der Waals surface area contributed by atoms with Gasteiger partial charge in [0.05, 0.1) is 12.5 Å². The number of halogens is 4. The Bertz CT molecular complexity index is 397. The van der Waals surface area contributed by atoms with Gasteiger partial charge in [-0.25, -0.2) is 4.98 Å². The summed E-state index contributed by atoms with van der Waals surface area (Å²) in [6, 6.07) is 2.69. The fourth-order valence-corrected chi connectivity index (χ4v) is 0.907. The van der Waals surface area contributed by atoms with Gasteiger partial charge >= 0.3 is 6.36 Å². The van der Waals surface area contributed by atoms with Gasteiger partial charge < -0.3 is 4.74 Å². The lowest BCUT2D eigenvalue weighted by molar-refractivity contribution is -0.276. The molecule has 7 heteroatoms. The summed E-state index contributed by atoms with van der Waals surface area (Å²) in [6.45, 7) is 0. The van der Waals surface area contributed by atoms with Crippen molar-refractivity contribution in [1.82, 2.24) is 4.98 Å². The molecule has 0 saturated heterocycles. The second-order valence-electron chi connectivity index (χ2n) is 2.47. The number of alkyl halides is 3. The Morgan fingerprint density at radius 3 is 2.67 bits per heavy atom. The molecule has 0 N–H and O–H groups in total. The fraction of sp³-hybridized carbons (Fsp3) is 0.250. The Morgan fingerprint density at radius 1 is 1.47 bits per heavy atom. The van der Waals surface area contributed by atoms with Crippen LogP contribution in [0.2, 0.25) is 0 Å². The average Bonchev–Trinajstić information content (AvgIpc) is 2.10. The molecule has 0 fully saturated rings. The first kappa shape index (κ1) is 11.2. The summed E-state index contributed by atoms with van der Waals surface area (Å²) in [6.07, 6.45) is -4.43. The number of nitrogens with zero attached hydrogens (tertiary/aromatic N) is 2. The van der Waals surface area contributed by atoms with Gasteiger partial charge in [-0.2, -0.15) is 9.65 Å². The second-order valence-corrected chi connectivity index (χ2v) is 2.47. The van der Waals surface area contributed by atoms with Crippen LogP contribution in [0.3, 0.4) is 0 Å². The van der Waals surface area contributed by atoms with Crippen LogP contribution in [0.15, 0.2) is 12.3 Å². The topological polar surface area (TPSA) is 45.9 Å². The molecule has 1 heterocycles. The first-order valence-electron chi connectivity index (χ1n) is 3.70. The van der Waals surface area contributed by atoms with E-state index in [0.717, 1.165) is 12.3 Å². The predicted molar refractivity (Wildman–Crippen MR) is 40.2 cm³/mol. The molecule has 0 spiro atoms. The van der Waals surface area contributed by atoms with Gasteiger partial charge in [0.1, 0.15) is 0 Å². The number of aromatic nitrogens is 1. The monoisotopic (exact) mass is 220 g/mol. The van der Waals surface area contributed by atoms with Gasteiger partial charge in [0.15, 0.2) is 5.75 Å². The number of ether oxygens (including phenoxy) is 1. The summed E-state index contributed by atoms with van der Waals surface area (Å²) in [5, 5.41) is 8.30. The van der Waals surface area contributed by atoms with Crippen molar-refractivity contribution in [3.63, 3.8) is 0 Å². The van der Waals surface area contributed by atoms with Crippen LogP contribution >= 0.6 is 0 Å². The van der Waals surface area contributed by atoms with E-state index in [-0.39, 0.29) is 12.0 Å². The van der Waals surface area contributed by atoms with Crippen molar-refractivity contribution < 1.29 is 22.3 Å². The molecule has 3 nitrogen and oxygen atoms in total. The third kappa shape index (κ3) is 3.09. The van der Waals surface area contributed by atoms with Crippen molar-refractivity contribution in [2.45, 2.75) is 12.8 Å². The van der Waals surface area contributed by atoms with Crippen LogP contribution in [0.1, 0.15) is 5.56 Å². The molecular formula is C8H4F4N2O. The zero-order chi connectivity index (χ0) is 11.5. The van der Waals surface area contributed by atoms with E-state index in [1.165, 1.54) is 0 Å². The molecule has 0 bridgehead atoms. The first-order valence-corrected chi connectivity index (χ1v) is 3.70. The van der Waals surface area contributed by atoms with E-state index < -0.39 is 18.1 Å². The number of hydrogen-bond acceptors (Lipinski definition) is 3. The molecule has 0 saturated carbocycles. The van der Waals surface area contributed by atoms with Crippen molar-refractivity contribution in [1.29, 1.82) is 5.26 Å². The Kier molecular flexibility index (Phi) is 3.09. The quantitative estimate of drug-likeness (QED) is 0.566. The summed E-state index contributed by atoms with van der Waals surface area (Å²) < 4.78 is 51.8. The highest BCUT2D eigenvalue weighted by molar-refractivity contribution is 5.33. The Balaban J connectivity index is 3.09. The van der Waals surface area contributed by atoms with Gasteiger partial charge in [-0.05, 0) is 6.07 Å². The normalized spacial score (nSPS) is 10.9. The molecule has 0 radical (unpaired) electrons. The first-order chi connectivity index (χ1) is 6.94. The third-order valence-corrected chi connectivity index (χ3v) is 1.43. The highest BCUT2D eigenvalue weighted by atomic mass is 19.4. The van der Waals surface area contributed by atoms with Gasteiger partial charge in [0, 0.05) is 11.8 Å². The van der Waals surface area contributed by atoms with E-state index in [4.69, 9.17) is 5.26 Å². The predicted octanol–water partition coefficient (Wildman–Crippen LogP) is 2.19. The average molecular weight is 220 g/mol. The lowest BCUT2D eigenvalue weighted by Crippen LogP contribution is -2.19. The van der Waals surface area contributed by atoms with Gasteiger partial charge in [-0.3, -0.25) is 0 Å². The van der Waals surface area contributed by atoms with Crippen molar-refractivity contribution >= 4 is 0 Å². The summed E-state index contributed by atoms with van der Waals surface area (Å²) in [5.74, 6) is -2.44. The molecule has 1 aromatic heterocycles. The van der Waals surface area contributed by atoms with Gasteiger partial charge in [0.2, 0.25) is 0 Å². The summed E-state index contributed by atoms with van der Waals surface area (Å²) >= 11 is 0. The van der Waals surface area contributed by atoms with E-state index >= 15 is 0 Å². The van der Waals surface area contributed by atoms with E-state index in [1.807, 2.05) is 0 Å². The van der Waals surface area contributed by atoms with Crippen molar-refractivity contribution in [2.24, 2.45) is 0 Å². The molecule has 0 unspecified atom stereocenters. The van der Waals surface area contributed by atoms with Crippen LogP contribution in [0.4, 0.5) is 17.6 Å². The molecule has 1 aromatic rings. The maximum atomic E-state index is 12.9. The maximum absolute atomic E-state index is 12.9. The second kappa shape index (κ2) is 4.13. The van der Waals surface area contributed by atoms with Gasteiger partial charge in [-0.1, -0.05) is 0 Å². The lowest BCUT2D eigenvalue weighted by Gasteiger charge is -2.11. The van der Waals surface area contributed by atoms with Gasteiger partial charge in [-0.15, -0.1) is 13.2 Å². The number of hydrogen-bond donors (Lipinski definition) is 0. The standard InChI is InChI=1S/C8H4F4N2O/c9-7-6(15-8(10,11)12)5(1-3-13)2-4-14-7/h2,4H,1H2. The SMILES string of the molecule is N#CCc1ccnc(F)c1OC(F)(F)F. The van der Waals surface area contributed by atoms with E-state index in [2.05, 4.69) is 9.72 Å². The van der Waals surface area contributed by atoms with Crippen LogP contribution in [0, 0.1) is 17.3 Å². The van der Waals surface area contributed by atoms with Crippen molar-refractivity contribution in [2.75, 3.05) is 0 Å². The molecule has 0 amide bonds. The lowest BCUT2D eigenvalue weighted by atomic mass is 10.2. The van der Waals surface area contributed by atoms with Crippen LogP contribution in [0.5, 0.6) is 5.75 Å². The molecule has 1 rings (SSSR count). The Labute approximate surface area is 81.9 Å². The molecule has 80 valence electrons. The Morgan fingerprint density at radius 2 is 2.13 bits per heavy atom. The molecule has 0 aliphatic heterocycles. The maximum Gasteiger partial charge on any atom is 0.573 e. The zero-order valence-corrected chi connectivity index (χ0v) is 7.18. The minimum absolute atomic E-state index is 0.192. The molecule has 0 atom stereocenters. The zero-order valence-electron chi connectivity index (χ0n) is 7.18. The third-order valence-electron chi connectivity index (χ3n) is 1.43. The number of rotatable bonds is 2. The van der Waals surface area contributed by atoms with Crippen LogP contribution in [-0.2, 0) is 6.42 Å². The van der Waals surface area contributed by atoms with Crippen LogP contribution in [-0.4, -0.2) is 11.3 Å². The molecular weight excluding hydrogens is 216 g/mol. The Hall–Kier alpha value is -1.84. The highest BCUT2D eigenvalue weighted by Gasteiger charge is 2.33. The molecule has 0 aromatic carbocycles. The summed E-state index contributed by atoms with van der Waals surface area (Å²) in [5.41, 5.74) is -0.192. The van der Waals surface area contributed by atoms with Crippen molar-refractivity contribution in [3.05, 3.63) is 23.8 Å². The highest BCUT2D eigenvalue weighted by Crippen LogP contribution is 2.28. The van der Waals surface area contributed by atoms with Crippen LogP contribution in [0.25, 0.3) is 0 Å². The van der Waals surface area contributed by atoms with Crippen molar-refractivity contribution in [3.8, 4) is 11.8 Å². The summed E-state index contributed by atoms with van der Waals surface area (Å²) in [7, 11) is 0. The van der Waals surface area contributed by atoms with E-state index in [0.29, 0.717) is 0 Å². The largest absolute Gasteiger partial charge is 0.573 e. The summed E-state index contributed by atoms with van der Waals surface area (Å²) in [4.78, 5) is 3.01. The smallest absolute Gasteiger partial charge is 0.401 e.